The molecule has 14 heteroatoms. The van der Waals surface area contributed by atoms with Crippen molar-refractivity contribution in [3.05, 3.63) is 227 Å². The standard InChI is InChI=1S/C32H34N4O3.C21H25N3.C11H9NO3/c1-32(2,3)28(33-18-24(37)20-36-30(38)25-16-10-11-17-26(25)31(36)39)29-34-27(23-14-8-5-9-15-23)21-35(29)19-22-12-6-4-7-13-22;1-21(2,3)19(22)20-23-18(17-12-8-5-9-13-17)15-24(20)14-16-10-6-4-7-11-16;13-10-8-3-1-2-4-9(8)11(14)12(10)5-7-6-15-7/h4-17,21,24,28,33,37H,18-20H2,1-3H3;4-13,15,19H,14,22H2,1-3H3;1-4,7H,5-6H2/t24?,28-;19-;/m00./s1. The van der Waals surface area contributed by atoms with Gasteiger partial charge in [0, 0.05) is 43.2 Å². The third kappa shape index (κ3) is 12.8. The summed E-state index contributed by atoms with van der Waals surface area (Å²) in [4.78, 5) is 61.5. The molecule has 1 fully saturated rings. The highest BCUT2D eigenvalue weighted by atomic mass is 16.6. The van der Waals surface area contributed by atoms with Crippen molar-refractivity contribution >= 4 is 23.6 Å². The van der Waals surface area contributed by atoms with Gasteiger partial charge < -0.3 is 30.0 Å². The predicted octanol–water partition coefficient (Wildman–Crippen LogP) is 10.3. The van der Waals surface area contributed by atoms with E-state index in [1.807, 2.05) is 72.8 Å². The number of epoxide rings is 1. The quantitative estimate of drug-likeness (QED) is 0.0660. The van der Waals surface area contributed by atoms with Gasteiger partial charge in [-0.05, 0) is 46.2 Å². The van der Waals surface area contributed by atoms with Gasteiger partial charge >= 0.3 is 0 Å². The highest BCUT2D eigenvalue weighted by Crippen LogP contribution is 2.36. The van der Waals surface area contributed by atoms with Crippen molar-refractivity contribution in [2.24, 2.45) is 16.6 Å². The molecular weight excluding hydrogens is 977 g/mol. The largest absolute Gasteiger partial charge is 0.390 e. The molecule has 6 aromatic carbocycles. The van der Waals surface area contributed by atoms with Crippen LogP contribution in [0.5, 0.6) is 0 Å². The third-order valence-electron chi connectivity index (χ3n) is 14.0. The number of nitrogens with one attached hydrogen (secondary N) is 1. The van der Waals surface area contributed by atoms with Crippen molar-refractivity contribution in [3.63, 3.8) is 0 Å². The molecule has 0 spiro atoms. The Hall–Kier alpha value is -8.14. The van der Waals surface area contributed by atoms with Gasteiger partial charge in [-0.3, -0.25) is 29.0 Å². The summed E-state index contributed by atoms with van der Waals surface area (Å²) in [6.45, 7) is 15.4. The molecule has 14 nitrogen and oxygen atoms in total. The lowest BCUT2D eigenvalue weighted by molar-refractivity contribution is 0.0530. The molecule has 3 aliphatic rings. The van der Waals surface area contributed by atoms with Crippen LogP contribution in [-0.4, -0.2) is 96.1 Å². The summed E-state index contributed by atoms with van der Waals surface area (Å²) in [7, 11) is 0. The van der Waals surface area contributed by atoms with Crippen LogP contribution in [-0.2, 0) is 17.8 Å². The molecule has 0 aliphatic carbocycles. The summed E-state index contributed by atoms with van der Waals surface area (Å²) in [6.07, 6.45) is 3.30. The van der Waals surface area contributed by atoms with Gasteiger partial charge in [0.15, 0.2) is 0 Å². The molecule has 8 aromatic rings. The number of fused-ring (bicyclic) bond motifs is 2. The number of aliphatic hydroxyl groups excluding tert-OH is 1. The second-order valence-corrected chi connectivity index (χ2v) is 22.1. The van der Waals surface area contributed by atoms with Gasteiger partial charge in [-0.2, -0.15) is 0 Å². The minimum atomic E-state index is -0.941. The molecule has 4 atom stereocenters. The zero-order chi connectivity index (χ0) is 55.1. The number of imide groups is 2. The predicted molar refractivity (Wildman–Crippen MR) is 302 cm³/mol. The molecular formula is C64H68N8O6. The molecule has 0 bridgehead atoms. The number of aromatic nitrogens is 4. The Morgan fingerprint density at radius 1 is 0.551 bits per heavy atom. The highest BCUT2D eigenvalue weighted by Gasteiger charge is 2.40. The first kappa shape index (κ1) is 54.6. The Morgan fingerprint density at radius 3 is 1.32 bits per heavy atom. The Morgan fingerprint density at radius 2 is 0.923 bits per heavy atom. The number of benzene rings is 6. The summed E-state index contributed by atoms with van der Waals surface area (Å²) in [5, 5.41) is 14.4. The minimum absolute atomic E-state index is 0.0479. The van der Waals surface area contributed by atoms with E-state index in [9.17, 15) is 24.3 Å². The van der Waals surface area contributed by atoms with E-state index < -0.39 is 6.10 Å². The van der Waals surface area contributed by atoms with Gasteiger partial charge in [0.1, 0.15) is 11.6 Å². The SMILES string of the molecule is CC(C)(C)[C@@H](N)c1nc(-c2ccccc2)cn1Cc1ccccc1.CC(C)(C)[C@@H](NCC(O)CN1C(=O)c2ccccc2C1=O)c1nc(-c2ccccc2)cn1Cc1ccccc1.O=C1c2ccccc2C(=O)N1CC1CO1. The minimum Gasteiger partial charge on any atom is -0.390 e. The Kier molecular flexibility index (Phi) is 16.5. The van der Waals surface area contributed by atoms with E-state index in [0.717, 1.165) is 51.2 Å². The molecule has 11 rings (SSSR count). The number of imidazole rings is 2. The molecule has 5 heterocycles. The van der Waals surface area contributed by atoms with Gasteiger partial charge in [-0.15, -0.1) is 0 Å². The lowest BCUT2D eigenvalue weighted by Gasteiger charge is -2.32. The molecule has 1 saturated heterocycles. The average molecular weight is 1050 g/mol. The van der Waals surface area contributed by atoms with E-state index in [1.165, 1.54) is 10.5 Å². The van der Waals surface area contributed by atoms with Crippen molar-refractivity contribution in [2.45, 2.75) is 78.9 Å². The molecule has 4 amide bonds. The molecule has 78 heavy (non-hydrogen) atoms. The number of rotatable bonds is 15. The molecule has 2 aromatic heterocycles. The van der Waals surface area contributed by atoms with Crippen molar-refractivity contribution in [2.75, 3.05) is 26.2 Å². The maximum absolute atomic E-state index is 12.8. The number of nitrogens with zero attached hydrogens (tertiary/aromatic N) is 6. The number of hydrogen-bond donors (Lipinski definition) is 3. The maximum Gasteiger partial charge on any atom is 0.261 e. The average Bonchev–Trinajstić information content (AvgIpc) is 3.97. The number of β-amino-alcohol motifs (C(OH)–C–C–N with tert-alkyl or cyclic N) is 1. The molecule has 0 saturated carbocycles. The van der Waals surface area contributed by atoms with Crippen LogP contribution in [0.4, 0.5) is 0 Å². The van der Waals surface area contributed by atoms with Crippen LogP contribution in [0.15, 0.2) is 182 Å². The zero-order valence-electron chi connectivity index (χ0n) is 45.1. The fourth-order valence-corrected chi connectivity index (χ4v) is 9.54. The number of nitrogens with two attached hydrogens (primary N) is 1. The third-order valence-corrected chi connectivity index (χ3v) is 14.0. The lowest BCUT2D eigenvalue weighted by atomic mass is 9.86. The first-order chi connectivity index (χ1) is 37.4. The summed E-state index contributed by atoms with van der Waals surface area (Å²) in [6, 6.07) is 54.3. The number of hydrogen-bond acceptors (Lipinski definition) is 10. The van der Waals surface area contributed by atoms with Crippen molar-refractivity contribution in [3.8, 4) is 22.5 Å². The summed E-state index contributed by atoms with van der Waals surface area (Å²) in [5.41, 5.74) is 14.4. The van der Waals surface area contributed by atoms with Crippen LogP contribution in [0.3, 0.4) is 0 Å². The molecule has 4 N–H and O–H groups in total. The van der Waals surface area contributed by atoms with Gasteiger partial charge in [-0.1, -0.05) is 187 Å². The maximum atomic E-state index is 12.8. The topological polar surface area (TPSA) is 181 Å². The van der Waals surface area contributed by atoms with Crippen LogP contribution < -0.4 is 11.1 Å². The zero-order valence-corrected chi connectivity index (χ0v) is 45.1. The number of carbonyl (C=O) groups is 4. The molecule has 3 aliphatic heterocycles. The monoisotopic (exact) mass is 1040 g/mol. The van der Waals surface area contributed by atoms with E-state index in [-0.39, 0.29) is 65.7 Å². The summed E-state index contributed by atoms with van der Waals surface area (Å²) >= 11 is 0. The second-order valence-electron chi connectivity index (χ2n) is 22.1. The van der Waals surface area contributed by atoms with E-state index >= 15 is 0 Å². The van der Waals surface area contributed by atoms with Gasteiger partial charge in [0.25, 0.3) is 23.6 Å². The lowest BCUT2D eigenvalue weighted by Crippen LogP contribution is -2.44. The summed E-state index contributed by atoms with van der Waals surface area (Å²) < 4.78 is 9.37. The Bertz CT molecular complexity index is 3290. The van der Waals surface area contributed by atoms with Crippen LogP contribution in [0, 0.1) is 10.8 Å². The van der Waals surface area contributed by atoms with Crippen LogP contribution >= 0.6 is 0 Å². The van der Waals surface area contributed by atoms with Gasteiger partial charge in [0.2, 0.25) is 0 Å². The van der Waals surface area contributed by atoms with E-state index in [4.69, 9.17) is 20.4 Å². The molecule has 0 radical (unpaired) electrons. The molecule has 400 valence electrons. The first-order valence-corrected chi connectivity index (χ1v) is 26.5. The Balaban J connectivity index is 0.000000159. The fraction of sp³-hybridized carbons (Fsp3) is 0.281. The van der Waals surface area contributed by atoms with E-state index in [2.05, 4.69) is 117 Å². The van der Waals surface area contributed by atoms with Crippen molar-refractivity contribution < 1.29 is 29.0 Å². The number of aliphatic hydroxyl groups is 1. The van der Waals surface area contributed by atoms with Crippen LogP contribution in [0.25, 0.3) is 22.5 Å². The van der Waals surface area contributed by atoms with Gasteiger partial charge in [-0.25, -0.2) is 9.97 Å². The smallest absolute Gasteiger partial charge is 0.261 e. The normalized spacial score (nSPS) is 15.9. The number of ether oxygens (including phenoxy) is 1. The van der Waals surface area contributed by atoms with E-state index in [0.29, 0.717) is 42.0 Å². The fourth-order valence-electron chi connectivity index (χ4n) is 9.54. The number of amides is 4. The second kappa shape index (κ2) is 23.6. The number of carbonyl (C=O) groups excluding carboxylic acids is 4. The van der Waals surface area contributed by atoms with Crippen LogP contribution in [0.1, 0.15) is 118 Å². The van der Waals surface area contributed by atoms with Crippen molar-refractivity contribution in [1.82, 2.24) is 34.2 Å². The Labute approximate surface area is 456 Å². The highest BCUT2D eigenvalue weighted by molar-refractivity contribution is 6.22. The molecule has 2 unspecified atom stereocenters. The van der Waals surface area contributed by atoms with Crippen LogP contribution in [0.2, 0.25) is 0 Å². The summed E-state index contributed by atoms with van der Waals surface area (Å²) in [5.74, 6) is 0.654. The van der Waals surface area contributed by atoms with Gasteiger partial charge in [0.05, 0.1) is 77.6 Å². The first-order valence-electron chi connectivity index (χ1n) is 26.5. The van der Waals surface area contributed by atoms with Crippen molar-refractivity contribution in [1.29, 1.82) is 0 Å². The van der Waals surface area contributed by atoms with E-state index in [1.54, 1.807) is 48.5 Å².